The SMILES string of the molecule is COC[C@H]1O[C@@H](n2cc(/C=C/CN(C)C)c(=O)[nH]c2=O)CC1OP(OCCC#N)N(C(C)C)C(C)C. The van der Waals surface area contributed by atoms with Gasteiger partial charge in [-0.2, -0.15) is 5.26 Å². The first-order valence-electron chi connectivity index (χ1n) is 12.1. The summed E-state index contributed by atoms with van der Waals surface area (Å²) in [5, 5.41) is 8.96. The van der Waals surface area contributed by atoms with E-state index in [4.69, 9.17) is 23.8 Å². The van der Waals surface area contributed by atoms with Crippen molar-refractivity contribution >= 4 is 14.6 Å². The number of rotatable bonds is 14. The van der Waals surface area contributed by atoms with Crippen molar-refractivity contribution in [1.29, 1.82) is 5.26 Å². The second kappa shape index (κ2) is 14.7. The van der Waals surface area contributed by atoms with Crippen molar-refractivity contribution in [3.63, 3.8) is 0 Å². The highest BCUT2D eigenvalue weighted by Crippen LogP contribution is 2.49. The third-order valence-electron chi connectivity index (χ3n) is 5.47. The van der Waals surface area contributed by atoms with Crippen LogP contribution in [0.3, 0.4) is 0 Å². The van der Waals surface area contributed by atoms with Crippen LogP contribution in [0, 0.1) is 11.3 Å². The molecule has 12 heteroatoms. The molecule has 1 saturated heterocycles. The highest BCUT2D eigenvalue weighted by atomic mass is 31.2. The summed E-state index contributed by atoms with van der Waals surface area (Å²) in [5.41, 5.74) is -0.643. The Morgan fingerprint density at radius 3 is 2.58 bits per heavy atom. The van der Waals surface area contributed by atoms with Gasteiger partial charge in [0.15, 0.2) is 0 Å². The number of likely N-dealkylation sites (N-methyl/N-ethyl adjacent to an activating group) is 1. The zero-order valence-corrected chi connectivity index (χ0v) is 23.2. The Labute approximate surface area is 214 Å². The Hall–Kier alpha value is -1.90. The number of nitriles is 1. The van der Waals surface area contributed by atoms with Crippen molar-refractivity contribution in [2.45, 2.75) is 71.1 Å². The minimum absolute atomic E-state index is 0.149. The van der Waals surface area contributed by atoms with E-state index in [1.807, 2.05) is 25.1 Å². The van der Waals surface area contributed by atoms with Gasteiger partial charge in [0.05, 0.1) is 37.4 Å². The lowest BCUT2D eigenvalue weighted by atomic mass is 10.2. The second-order valence-corrected chi connectivity index (χ2v) is 10.8. The minimum Gasteiger partial charge on any atom is -0.382 e. The Morgan fingerprint density at radius 2 is 2.00 bits per heavy atom. The molecular weight excluding hydrogens is 485 g/mol. The Morgan fingerprint density at radius 1 is 1.31 bits per heavy atom. The maximum atomic E-state index is 12.7. The Balaban J connectivity index is 2.31. The van der Waals surface area contributed by atoms with Crippen LogP contribution < -0.4 is 11.2 Å². The van der Waals surface area contributed by atoms with E-state index in [1.165, 1.54) is 10.8 Å². The van der Waals surface area contributed by atoms with E-state index < -0.39 is 38.2 Å². The molecule has 1 aromatic rings. The van der Waals surface area contributed by atoms with Gasteiger partial charge in [-0.3, -0.25) is 14.3 Å². The average molecular weight is 526 g/mol. The highest BCUT2D eigenvalue weighted by Gasteiger charge is 2.41. The summed E-state index contributed by atoms with van der Waals surface area (Å²) >= 11 is 0. The molecule has 36 heavy (non-hydrogen) atoms. The summed E-state index contributed by atoms with van der Waals surface area (Å²) in [6.45, 7) is 9.44. The number of nitrogens with zero attached hydrogens (tertiary/aromatic N) is 4. The van der Waals surface area contributed by atoms with Crippen LogP contribution in [0.1, 0.15) is 52.3 Å². The molecule has 2 heterocycles. The fourth-order valence-electron chi connectivity index (χ4n) is 3.93. The third-order valence-corrected chi connectivity index (χ3v) is 7.63. The molecule has 2 rings (SSSR count). The number of H-pyrrole nitrogens is 1. The van der Waals surface area contributed by atoms with Gasteiger partial charge in [-0.15, -0.1) is 0 Å². The number of aromatic nitrogens is 2. The number of hydrogen-bond acceptors (Lipinski definition) is 9. The second-order valence-electron chi connectivity index (χ2n) is 9.43. The molecule has 0 aromatic carbocycles. The monoisotopic (exact) mass is 525 g/mol. The summed E-state index contributed by atoms with van der Waals surface area (Å²) in [6, 6.07) is 2.40. The highest BCUT2D eigenvalue weighted by molar-refractivity contribution is 7.44. The van der Waals surface area contributed by atoms with Crippen LogP contribution in [0.25, 0.3) is 6.08 Å². The smallest absolute Gasteiger partial charge is 0.330 e. The predicted molar refractivity (Wildman–Crippen MR) is 139 cm³/mol. The van der Waals surface area contributed by atoms with Crippen molar-refractivity contribution in [2.24, 2.45) is 0 Å². The molecule has 4 atom stereocenters. The summed E-state index contributed by atoms with van der Waals surface area (Å²) in [7, 11) is 3.93. The number of aromatic amines is 1. The molecule has 0 aliphatic carbocycles. The van der Waals surface area contributed by atoms with Gasteiger partial charge in [0.25, 0.3) is 14.1 Å². The molecule has 1 N–H and O–H groups in total. The molecule has 0 amide bonds. The van der Waals surface area contributed by atoms with Crippen molar-refractivity contribution in [2.75, 3.05) is 41.0 Å². The van der Waals surface area contributed by atoms with E-state index in [0.29, 0.717) is 18.5 Å². The predicted octanol–water partition coefficient (Wildman–Crippen LogP) is 2.71. The van der Waals surface area contributed by atoms with Gasteiger partial charge < -0.3 is 23.4 Å². The van der Waals surface area contributed by atoms with Crippen LogP contribution in [0.15, 0.2) is 21.9 Å². The molecule has 1 aliphatic heterocycles. The van der Waals surface area contributed by atoms with E-state index in [1.54, 1.807) is 13.2 Å². The van der Waals surface area contributed by atoms with Gasteiger partial charge in [0.1, 0.15) is 12.3 Å². The van der Waals surface area contributed by atoms with Crippen molar-refractivity contribution in [1.82, 2.24) is 19.1 Å². The molecule has 2 unspecified atom stereocenters. The largest absolute Gasteiger partial charge is 0.382 e. The van der Waals surface area contributed by atoms with Gasteiger partial charge >= 0.3 is 5.69 Å². The molecule has 1 aliphatic rings. The third kappa shape index (κ3) is 8.60. The first kappa shape index (κ1) is 30.3. The maximum absolute atomic E-state index is 12.7. The first-order valence-corrected chi connectivity index (χ1v) is 13.3. The number of ether oxygens (including phenoxy) is 2. The summed E-state index contributed by atoms with van der Waals surface area (Å²) in [5.74, 6) is 0. The molecule has 0 bridgehead atoms. The lowest BCUT2D eigenvalue weighted by Gasteiger charge is -2.37. The molecule has 11 nitrogen and oxygen atoms in total. The summed E-state index contributed by atoms with van der Waals surface area (Å²) < 4.78 is 27.6. The molecule has 0 radical (unpaired) electrons. The number of nitrogens with one attached hydrogen (secondary N) is 1. The quantitative estimate of drug-likeness (QED) is 0.289. The standard InChI is InChI=1S/C24H40N5O6P/c1-17(2)29(18(3)4)36(33-13-9-11-25)35-20-14-22(34-21(20)16-32-7)28-15-19(10-8-12-27(5)6)23(30)26-24(28)31/h8,10,15,17-18,20-22H,9,12-14,16H2,1-7H3,(H,26,30,31)/b10-8+/t20?,21-,22-,36?/m1/s1. The van der Waals surface area contributed by atoms with Gasteiger partial charge in [0.2, 0.25) is 0 Å². The van der Waals surface area contributed by atoms with Crippen molar-refractivity contribution in [3.8, 4) is 6.07 Å². The van der Waals surface area contributed by atoms with Crippen molar-refractivity contribution in [3.05, 3.63) is 38.7 Å². The lowest BCUT2D eigenvalue weighted by molar-refractivity contribution is -0.0526. The van der Waals surface area contributed by atoms with Crippen LogP contribution in [0.2, 0.25) is 0 Å². The van der Waals surface area contributed by atoms with Crippen LogP contribution >= 0.6 is 8.53 Å². The zero-order chi connectivity index (χ0) is 26.8. The van der Waals surface area contributed by atoms with Gasteiger partial charge in [-0.05, 0) is 41.8 Å². The van der Waals surface area contributed by atoms with Crippen LogP contribution in [0.4, 0.5) is 0 Å². The topological polar surface area (TPSA) is 122 Å². The van der Waals surface area contributed by atoms with Gasteiger partial charge in [-0.1, -0.05) is 12.2 Å². The van der Waals surface area contributed by atoms with E-state index in [9.17, 15) is 9.59 Å². The van der Waals surface area contributed by atoms with E-state index in [-0.39, 0.29) is 31.7 Å². The molecular formula is C24H40N5O6P. The summed E-state index contributed by atoms with van der Waals surface area (Å²) in [4.78, 5) is 29.4. The minimum atomic E-state index is -1.50. The van der Waals surface area contributed by atoms with Crippen LogP contribution in [-0.2, 0) is 18.5 Å². The normalized spacial score (nSPS) is 21.3. The maximum Gasteiger partial charge on any atom is 0.330 e. The fourth-order valence-corrected chi connectivity index (χ4v) is 5.69. The lowest BCUT2D eigenvalue weighted by Crippen LogP contribution is -2.36. The van der Waals surface area contributed by atoms with Crippen molar-refractivity contribution < 1.29 is 18.5 Å². The first-order chi connectivity index (χ1) is 17.1. The number of methoxy groups -OCH3 is 1. The Bertz CT molecular complexity index is 994. The van der Waals surface area contributed by atoms with E-state index >= 15 is 0 Å². The molecule has 0 saturated carbocycles. The van der Waals surface area contributed by atoms with E-state index in [2.05, 4.69) is 43.4 Å². The fraction of sp³-hybridized carbons (Fsp3) is 0.708. The molecule has 1 fully saturated rings. The molecule has 0 spiro atoms. The van der Waals surface area contributed by atoms with Gasteiger partial charge in [-0.25, -0.2) is 9.46 Å². The molecule has 202 valence electrons. The van der Waals surface area contributed by atoms with Crippen LogP contribution in [-0.4, -0.2) is 84.4 Å². The summed E-state index contributed by atoms with van der Waals surface area (Å²) in [6.07, 6.45) is 4.17. The van der Waals surface area contributed by atoms with E-state index in [0.717, 1.165) is 0 Å². The average Bonchev–Trinajstić information content (AvgIpc) is 3.17. The molecule has 1 aromatic heterocycles. The van der Waals surface area contributed by atoms with Crippen LogP contribution in [0.5, 0.6) is 0 Å². The zero-order valence-electron chi connectivity index (χ0n) is 22.3. The Kier molecular flexibility index (Phi) is 12.4. The van der Waals surface area contributed by atoms with Gasteiger partial charge in [0, 0.05) is 38.4 Å². The number of hydrogen-bond donors (Lipinski definition) is 1.